The van der Waals surface area contributed by atoms with Crippen LogP contribution in [0.5, 0.6) is 0 Å². The average Bonchev–Trinajstić information content (AvgIpc) is 1.85. The van der Waals surface area contributed by atoms with E-state index in [0.717, 1.165) is 0 Å². The smallest absolute Gasteiger partial charge is 0.267 e. The second kappa shape index (κ2) is 4.00. The average molecular weight is 194 g/mol. The van der Waals surface area contributed by atoms with E-state index < -0.39 is 15.4 Å². The van der Waals surface area contributed by atoms with Crippen molar-refractivity contribution in [3.8, 4) is 0 Å². The van der Waals surface area contributed by atoms with Gasteiger partial charge in [-0.1, -0.05) is 6.92 Å². The van der Waals surface area contributed by atoms with Gasteiger partial charge in [-0.3, -0.25) is 9.35 Å². The number of Topliss-reactive ketones (excluding diaryl/α,β-unsaturated/α-hetero) is 1. The Morgan fingerprint density at radius 1 is 1.42 bits per heavy atom. The number of carbonyl (C=O) groups is 1. The van der Waals surface area contributed by atoms with Crippen LogP contribution in [0.1, 0.15) is 27.2 Å². The molecule has 4 nitrogen and oxygen atoms in total. The molecule has 2 atom stereocenters. The first kappa shape index (κ1) is 11.6. The molecule has 72 valence electrons. The van der Waals surface area contributed by atoms with E-state index in [0.29, 0.717) is 0 Å². The molecule has 0 aromatic heterocycles. The molecule has 0 amide bonds. The SMILES string of the molecule is CC(=O)C(C)CC(C)S(=O)(=O)O. The lowest BCUT2D eigenvalue weighted by atomic mass is 10.0. The molecule has 0 aliphatic carbocycles. The first-order valence-corrected chi connectivity index (χ1v) is 5.22. The molecule has 0 fully saturated rings. The molecule has 0 aliphatic heterocycles. The molecule has 0 saturated heterocycles. The molecule has 5 heteroatoms. The molecule has 0 rings (SSSR count). The van der Waals surface area contributed by atoms with Crippen LogP contribution in [0.15, 0.2) is 0 Å². The second-order valence-electron chi connectivity index (χ2n) is 3.07. The van der Waals surface area contributed by atoms with Crippen LogP contribution in [-0.4, -0.2) is 24.0 Å². The van der Waals surface area contributed by atoms with E-state index in [-0.39, 0.29) is 18.1 Å². The second-order valence-corrected chi connectivity index (χ2v) is 4.91. The highest BCUT2D eigenvalue weighted by molar-refractivity contribution is 7.86. The molecule has 12 heavy (non-hydrogen) atoms. The van der Waals surface area contributed by atoms with Crippen molar-refractivity contribution >= 4 is 15.9 Å². The van der Waals surface area contributed by atoms with Crippen LogP contribution >= 0.6 is 0 Å². The van der Waals surface area contributed by atoms with E-state index in [1.54, 1.807) is 6.92 Å². The van der Waals surface area contributed by atoms with Gasteiger partial charge in [0.2, 0.25) is 0 Å². The number of hydrogen-bond donors (Lipinski definition) is 1. The van der Waals surface area contributed by atoms with Crippen LogP contribution < -0.4 is 0 Å². The van der Waals surface area contributed by atoms with Crippen molar-refractivity contribution in [2.75, 3.05) is 0 Å². The maximum atomic E-state index is 10.7. The van der Waals surface area contributed by atoms with Gasteiger partial charge in [-0.15, -0.1) is 0 Å². The maximum absolute atomic E-state index is 10.7. The molecule has 0 heterocycles. The lowest BCUT2D eigenvalue weighted by Gasteiger charge is -2.11. The van der Waals surface area contributed by atoms with Gasteiger partial charge >= 0.3 is 0 Å². The summed E-state index contributed by atoms with van der Waals surface area (Å²) < 4.78 is 29.6. The quantitative estimate of drug-likeness (QED) is 0.674. The zero-order chi connectivity index (χ0) is 9.94. The Balaban J connectivity index is 4.20. The minimum Gasteiger partial charge on any atom is -0.300 e. The van der Waals surface area contributed by atoms with E-state index in [1.807, 2.05) is 0 Å². The molecule has 0 spiro atoms. The highest BCUT2D eigenvalue weighted by Gasteiger charge is 2.21. The van der Waals surface area contributed by atoms with E-state index >= 15 is 0 Å². The summed E-state index contributed by atoms with van der Waals surface area (Å²) >= 11 is 0. The molecule has 0 aromatic rings. The van der Waals surface area contributed by atoms with Gasteiger partial charge in [0, 0.05) is 5.92 Å². The lowest BCUT2D eigenvalue weighted by Crippen LogP contribution is -2.22. The Morgan fingerprint density at radius 2 is 1.83 bits per heavy atom. The van der Waals surface area contributed by atoms with Gasteiger partial charge in [-0.2, -0.15) is 8.42 Å². The predicted octanol–water partition coefficient (Wildman–Crippen LogP) is 0.878. The summed E-state index contributed by atoms with van der Waals surface area (Å²) in [5.41, 5.74) is 0. The summed E-state index contributed by atoms with van der Waals surface area (Å²) in [6.07, 6.45) is 0.175. The summed E-state index contributed by atoms with van der Waals surface area (Å²) in [5, 5.41) is -0.864. The van der Waals surface area contributed by atoms with Crippen molar-refractivity contribution in [1.82, 2.24) is 0 Å². The molecular weight excluding hydrogens is 180 g/mol. The molecule has 2 unspecified atom stereocenters. The Hall–Kier alpha value is -0.420. The van der Waals surface area contributed by atoms with Gasteiger partial charge in [0.15, 0.2) is 0 Å². The molecule has 0 aliphatic rings. The van der Waals surface area contributed by atoms with Crippen LogP contribution in [-0.2, 0) is 14.9 Å². The van der Waals surface area contributed by atoms with Gasteiger partial charge < -0.3 is 0 Å². The van der Waals surface area contributed by atoms with Crippen molar-refractivity contribution in [3.63, 3.8) is 0 Å². The van der Waals surface area contributed by atoms with Crippen LogP contribution in [0.3, 0.4) is 0 Å². The Morgan fingerprint density at radius 3 is 2.08 bits per heavy atom. The number of rotatable bonds is 4. The molecule has 1 N–H and O–H groups in total. The van der Waals surface area contributed by atoms with Crippen molar-refractivity contribution in [3.05, 3.63) is 0 Å². The van der Waals surface area contributed by atoms with E-state index in [1.165, 1.54) is 13.8 Å². The summed E-state index contributed by atoms with van der Waals surface area (Å²) in [6.45, 7) is 4.43. The molecular formula is C7H14O4S. The fourth-order valence-corrected chi connectivity index (χ4v) is 1.32. The topological polar surface area (TPSA) is 71.4 Å². The lowest BCUT2D eigenvalue weighted by molar-refractivity contribution is -0.120. The third-order valence-corrected chi connectivity index (χ3v) is 3.10. The van der Waals surface area contributed by atoms with Crippen molar-refractivity contribution in [2.45, 2.75) is 32.4 Å². The Bertz CT molecular complexity index is 255. The van der Waals surface area contributed by atoms with E-state index in [4.69, 9.17) is 4.55 Å². The zero-order valence-electron chi connectivity index (χ0n) is 7.44. The van der Waals surface area contributed by atoms with Crippen molar-refractivity contribution < 1.29 is 17.8 Å². The van der Waals surface area contributed by atoms with Crippen LogP contribution in [0.25, 0.3) is 0 Å². The summed E-state index contributed by atoms with van der Waals surface area (Å²) in [5.74, 6) is -0.382. The van der Waals surface area contributed by atoms with Crippen LogP contribution in [0, 0.1) is 5.92 Å². The minimum absolute atomic E-state index is 0.0644. The number of hydrogen-bond acceptors (Lipinski definition) is 3. The number of ketones is 1. The predicted molar refractivity (Wildman–Crippen MR) is 45.5 cm³/mol. The molecule has 0 aromatic carbocycles. The number of carbonyl (C=O) groups excluding carboxylic acids is 1. The van der Waals surface area contributed by atoms with E-state index in [2.05, 4.69) is 0 Å². The van der Waals surface area contributed by atoms with Gasteiger partial charge in [0.05, 0.1) is 5.25 Å². The van der Waals surface area contributed by atoms with Gasteiger partial charge in [0.25, 0.3) is 10.1 Å². The third-order valence-electron chi connectivity index (χ3n) is 1.89. The van der Waals surface area contributed by atoms with Crippen molar-refractivity contribution in [1.29, 1.82) is 0 Å². The van der Waals surface area contributed by atoms with Crippen LogP contribution in [0.2, 0.25) is 0 Å². The highest BCUT2D eigenvalue weighted by Crippen LogP contribution is 2.12. The molecule has 0 bridgehead atoms. The summed E-state index contributed by atoms with van der Waals surface area (Å²) in [4.78, 5) is 10.7. The summed E-state index contributed by atoms with van der Waals surface area (Å²) in [7, 11) is -3.98. The Kier molecular flexibility index (Phi) is 3.86. The fraction of sp³-hybridized carbons (Fsp3) is 0.857. The normalized spacial score (nSPS) is 17.0. The monoisotopic (exact) mass is 194 g/mol. The van der Waals surface area contributed by atoms with Gasteiger partial charge in [-0.05, 0) is 20.3 Å². The third kappa shape index (κ3) is 3.82. The first-order chi connectivity index (χ1) is 5.25. The summed E-state index contributed by atoms with van der Waals surface area (Å²) in [6, 6.07) is 0. The highest BCUT2D eigenvalue weighted by atomic mass is 32.2. The Labute approximate surface area is 72.7 Å². The molecule has 0 radical (unpaired) electrons. The van der Waals surface area contributed by atoms with Crippen molar-refractivity contribution in [2.24, 2.45) is 5.92 Å². The molecule has 0 saturated carbocycles. The largest absolute Gasteiger partial charge is 0.300 e. The maximum Gasteiger partial charge on any atom is 0.267 e. The van der Waals surface area contributed by atoms with Crippen LogP contribution in [0.4, 0.5) is 0 Å². The van der Waals surface area contributed by atoms with Gasteiger partial charge in [-0.25, -0.2) is 0 Å². The standard InChI is InChI=1S/C7H14O4S/c1-5(7(3)8)4-6(2)12(9,10)11/h5-6H,4H2,1-3H3,(H,9,10,11). The van der Waals surface area contributed by atoms with Gasteiger partial charge in [0.1, 0.15) is 5.78 Å². The zero-order valence-corrected chi connectivity index (χ0v) is 8.26. The fourth-order valence-electron chi connectivity index (χ4n) is 0.785. The first-order valence-electron chi connectivity index (χ1n) is 3.72. The van der Waals surface area contributed by atoms with E-state index in [9.17, 15) is 13.2 Å². The minimum atomic E-state index is -3.98.